The van der Waals surface area contributed by atoms with Crippen molar-refractivity contribution in [1.29, 1.82) is 0 Å². The van der Waals surface area contributed by atoms with Gasteiger partial charge in [-0.2, -0.15) is 0 Å². The van der Waals surface area contributed by atoms with Crippen molar-refractivity contribution in [2.45, 2.75) is 45.1 Å². The van der Waals surface area contributed by atoms with Crippen molar-refractivity contribution >= 4 is 5.69 Å². The Bertz CT molecular complexity index is 494. The summed E-state index contributed by atoms with van der Waals surface area (Å²) in [6.07, 6.45) is 3.93. The van der Waals surface area contributed by atoms with Gasteiger partial charge in [0.1, 0.15) is 0 Å². The van der Waals surface area contributed by atoms with Crippen LogP contribution < -0.4 is 5.32 Å². The van der Waals surface area contributed by atoms with E-state index in [1.165, 1.54) is 63.4 Å². The number of likely N-dealkylation sites (tertiary alicyclic amines) is 2. The Kier molecular flexibility index (Phi) is 4.99. The summed E-state index contributed by atoms with van der Waals surface area (Å²) >= 11 is 0. The van der Waals surface area contributed by atoms with Gasteiger partial charge < -0.3 is 10.2 Å². The quantitative estimate of drug-likeness (QED) is 0.926. The monoisotopic (exact) mass is 302 g/mol. The summed E-state index contributed by atoms with van der Waals surface area (Å²) in [5.41, 5.74) is 3.59. The minimum atomic E-state index is 0.608. The molecule has 0 spiro atoms. The highest BCUT2D eigenvalue weighted by atomic mass is 15.2. The van der Waals surface area contributed by atoms with Crippen molar-refractivity contribution in [3.63, 3.8) is 0 Å². The van der Waals surface area contributed by atoms with E-state index in [-0.39, 0.29) is 0 Å². The highest BCUT2D eigenvalue weighted by Crippen LogP contribution is 2.31. The number of rotatable bonds is 4. The normalized spacial score (nSPS) is 24.8. The molecule has 2 aliphatic rings. The number of piperidine rings is 1. The van der Waals surface area contributed by atoms with Gasteiger partial charge >= 0.3 is 0 Å². The van der Waals surface area contributed by atoms with Crippen molar-refractivity contribution in [2.75, 3.05) is 45.1 Å². The molecule has 3 rings (SSSR count). The van der Waals surface area contributed by atoms with Gasteiger partial charge in [0.15, 0.2) is 0 Å². The third-order valence-electron chi connectivity index (χ3n) is 5.42. The molecule has 0 aromatic carbocycles. The Hall–Kier alpha value is -1.13. The Morgan fingerprint density at radius 3 is 2.64 bits per heavy atom. The predicted octanol–water partition coefficient (Wildman–Crippen LogP) is 2.71. The van der Waals surface area contributed by atoms with Crippen molar-refractivity contribution in [3.8, 4) is 0 Å². The molecule has 0 amide bonds. The topological polar surface area (TPSA) is 31.4 Å². The minimum Gasteiger partial charge on any atom is -0.388 e. The SMILES string of the molecule is CCN1CCC(N2CCC(c3cc(NC)cc(C)n3)C2)CC1. The van der Waals surface area contributed by atoms with Crippen LogP contribution in [0.15, 0.2) is 12.1 Å². The van der Waals surface area contributed by atoms with E-state index >= 15 is 0 Å². The molecule has 3 heterocycles. The number of pyridine rings is 1. The Balaban J connectivity index is 1.61. The molecule has 4 heteroatoms. The fraction of sp³-hybridized carbons (Fsp3) is 0.722. The van der Waals surface area contributed by atoms with E-state index in [1.807, 2.05) is 7.05 Å². The summed E-state index contributed by atoms with van der Waals surface area (Å²) in [5.74, 6) is 0.608. The van der Waals surface area contributed by atoms with Crippen LogP contribution in [0.4, 0.5) is 5.69 Å². The van der Waals surface area contributed by atoms with Gasteiger partial charge in [-0.1, -0.05) is 6.92 Å². The lowest BCUT2D eigenvalue weighted by atomic mass is 10.0. The van der Waals surface area contributed by atoms with Gasteiger partial charge in [-0.05, 0) is 64.5 Å². The lowest BCUT2D eigenvalue weighted by Crippen LogP contribution is -2.43. The van der Waals surface area contributed by atoms with Crippen molar-refractivity contribution in [2.24, 2.45) is 0 Å². The van der Waals surface area contributed by atoms with Crippen molar-refractivity contribution < 1.29 is 0 Å². The second kappa shape index (κ2) is 6.97. The maximum Gasteiger partial charge on any atom is 0.0471 e. The second-order valence-corrected chi connectivity index (χ2v) is 6.82. The van der Waals surface area contributed by atoms with Crippen LogP contribution in [0.5, 0.6) is 0 Å². The maximum atomic E-state index is 4.79. The van der Waals surface area contributed by atoms with Gasteiger partial charge in [0.25, 0.3) is 0 Å². The van der Waals surface area contributed by atoms with E-state index < -0.39 is 0 Å². The van der Waals surface area contributed by atoms with E-state index in [4.69, 9.17) is 4.98 Å². The van der Waals surface area contributed by atoms with E-state index in [0.29, 0.717) is 5.92 Å². The molecule has 22 heavy (non-hydrogen) atoms. The van der Waals surface area contributed by atoms with Gasteiger partial charge in [0, 0.05) is 42.6 Å². The van der Waals surface area contributed by atoms with E-state index in [1.54, 1.807) is 0 Å². The highest BCUT2D eigenvalue weighted by molar-refractivity contribution is 5.45. The molecule has 1 atom stereocenters. The lowest BCUT2D eigenvalue weighted by molar-refractivity contribution is 0.129. The minimum absolute atomic E-state index is 0.608. The first-order chi connectivity index (χ1) is 10.7. The largest absolute Gasteiger partial charge is 0.388 e. The molecule has 1 aromatic heterocycles. The Morgan fingerprint density at radius 1 is 1.18 bits per heavy atom. The smallest absolute Gasteiger partial charge is 0.0471 e. The fourth-order valence-corrected chi connectivity index (χ4v) is 4.01. The highest BCUT2D eigenvalue weighted by Gasteiger charge is 2.31. The number of nitrogens with zero attached hydrogens (tertiary/aromatic N) is 3. The lowest BCUT2D eigenvalue weighted by Gasteiger charge is -2.36. The molecule has 122 valence electrons. The zero-order chi connectivity index (χ0) is 15.5. The summed E-state index contributed by atoms with van der Waals surface area (Å²) in [5, 5.41) is 3.26. The van der Waals surface area contributed by atoms with Gasteiger partial charge in [-0.15, -0.1) is 0 Å². The molecular weight excluding hydrogens is 272 g/mol. The standard InChI is InChI=1S/C18H30N4/c1-4-21-8-6-17(7-9-21)22-10-5-15(13-22)18-12-16(19-3)11-14(2)20-18/h11-12,15,17H,4-10,13H2,1-3H3,(H,19,20). The molecule has 2 fully saturated rings. The van der Waals surface area contributed by atoms with Crippen LogP contribution in [0.1, 0.15) is 43.5 Å². The molecule has 1 unspecified atom stereocenters. The number of anilines is 1. The second-order valence-electron chi connectivity index (χ2n) is 6.82. The van der Waals surface area contributed by atoms with Gasteiger partial charge in [0.2, 0.25) is 0 Å². The molecule has 1 aromatic rings. The van der Waals surface area contributed by atoms with E-state index in [0.717, 1.165) is 11.7 Å². The molecule has 0 radical (unpaired) electrons. The number of aromatic nitrogens is 1. The van der Waals surface area contributed by atoms with Crippen LogP contribution in [0.25, 0.3) is 0 Å². The predicted molar refractivity (Wildman–Crippen MR) is 92.6 cm³/mol. The van der Waals surface area contributed by atoms with Crippen LogP contribution in [0, 0.1) is 6.92 Å². The van der Waals surface area contributed by atoms with Crippen LogP contribution in [0.3, 0.4) is 0 Å². The third-order valence-corrected chi connectivity index (χ3v) is 5.42. The van der Waals surface area contributed by atoms with Crippen molar-refractivity contribution in [1.82, 2.24) is 14.8 Å². The Labute approximate surface area is 134 Å². The summed E-state index contributed by atoms with van der Waals surface area (Å²) in [6, 6.07) is 5.15. The Morgan fingerprint density at radius 2 is 1.95 bits per heavy atom. The summed E-state index contributed by atoms with van der Waals surface area (Å²) in [6.45, 7) is 10.5. The molecule has 0 saturated carbocycles. The first kappa shape index (κ1) is 15.8. The van der Waals surface area contributed by atoms with Crippen molar-refractivity contribution in [3.05, 3.63) is 23.5 Å². The number of aryl methyl sites for hydroxylation is 1. The zero-order valence-electron chi connectivity index (χ0n) is 14.3. The summed E-state index contributed by atoms with van der Waals surface area (Å²) in [7, 11) is 1.99. The molecule has 0 aliphatic carbocycles. The van der Waals surface area contributed by atoms with E-state index in [2.05, 4.69) is 41.1 Å². The van der Waals surface area contributed by atoms with Gasteiger partial charge in [0.05, 0.1) is 0 Å². The average Bonchev–Trinajstić information content (AvgIpc) is 3.04. The van der Waals surface area contributed by atoms with Gasteiger partial charge in [-0.3, -0.25) is 9.88 Å². The third kappa shape index (κ3) is 3.44. The molecule has 4 nitrogen and oxygen atoms in total. The first-order valence-electron chi connectivity index (χ1n) is 8.82. The zero-order valence-corrected chi connectivity index (χ0v) is 14.3. The maximum absolute atomic E-state index is 4.79. The summed E-state index contributed by atoms with van der Waals surface area (Å²) < 4.78 is 0. The summed E-state index contributed by atoms with van der Waals surface area (Å²) in [4.78, 5) is 10.1. The van der Waals surface area contributed by atoms with Crippen LogP contribution in [0.2, 0.25) is 0 Å². The molecule has 2 saturated heterocycles. The average molecular weight is 302 g/mol. The number of hydrogen-bond donors (Lipinski definition) is 1. The number of hydrogen-bond acceptors (Lipinski definition) is 4. The molecular formula is C18H30N4. The first-order valence-corrected chi connectivity index (χ1v) is 8.82. The molecule has 2 aliphatic heterocycles. The van der Waals surface area contributed by atoms with Gasteiger partial charge in [-0.25, -0.2) is 0 Å². The van der Waals surface area contributed by atoms with E-state index in [9.17, 15) is 0 Å². The molecule has 0 bridgehead atoms. The van der Waals surface area contributed by atoms with Crippen LogP contribution >= 0.6 is 0 Å². The van der Waals surface area contributed by atoms with Crippen LogP contribution in [-0.2, 0) is 0 Å². The molecule has 1 N–H and O–H groups in total. The fourth-order valence-electron chi connectivity index (χ4n) is 4.01. The van der Waals surface area contributed by atoms with Crippen LogP contribution in [-0.4, -0.2) is 60.6 Å². The number of nitrogens with one attached hydrogen (secondary N) is 1.